The fourth-order valence-corrected chi connectivity index (χ4v) is 3.96. The van der Waals surface area contributed by atoms with Crippen LogP contribution in [0.3, 0.4) is 0 Å². The number of benzene rings is 3. The summed E-state index contributed by atoms with van der Waals surface area (Å²) in [6.45, 7) is 0. The Hall–Kier alpha value is -3.38. The second-order valence-corrected chi connectivity index (χ2v) is 7.45. The lowest BCUT2D eigenvalue weighted by molar-refractivity contribution is -0.384. The van der Waals surface area contributed by atoms with Crippen LogP contribution in [0.5, 0.6) is 5.75 Å². The maximum atomic E-state index is 11.0. The van der Waals surface area contributed by atoms with Gasteiger partial charge in [-0.2, -0.15) is 5.10 Å². The summed E-state index contributed by atoms with van der Waals surface area (Å²) in [5, 5.41) is 18.5. The molecule has 2 atom stereocenters. The average molecular weight is 406 g/mol. The lowest BCUT2D eigenvalue weighted by Gasteiger charge is -2.38. The Kier molecular flexibility index (Phi) is 4.21. The number of nitrogens with zero attached hydrogens (tertiary/aromatic N) is 3. The number of ether oxygens (including phenoxy) is 1. The van der Waals surface area contributed by atoms with E-state index in [-0.39, 0.29) is 11.7 Å². The predicted octanol–water partition coefficient (Wildman–Crippen LogP) is 5.49. The standard InChI is InChI=1S/C22H16ClN3O3/c23-16-9-5-14(6-10-16)19-13-20-18-3-1-2-4-21(18)29-22(25(20)24-19)15-7-11-17(12-8-15)26(27)28/h1-12,20,22H,13H2/t20-,22-/m0/s1. The molecule has 3 aromatic rings. The Bertz CT molecular complexity index is 1110. The molecule has 3 aromatic carbocycles. The fraction of sp³-hybridized carbons (Fsp3) is 0.136. The lowest BCUT2D eigenvalue weighted by atomic mass is 9.96. The molecule has 0 aromatic heterocycles. The van der Waals surface area contributed by atoms with Gasteiger partial charge in [0.1, 0.15) is 5.75 Å². The molecule has 5 rings (SSSR count). The molecule has 2 aliphatic rings. The van der Waals surface area contributed by atoms with Gasteiger partial charge in [0.15, 0.2) is 0 Å². The van der Waals surface area contributed by atoms with Crippen molar-refractivity contribution >= 4 is 23.0 Å². The molecular weight excluding hydrogens is 390 g/mol. The molecule has 0 amide bonds. The van der Waals surface area contributed by atoms with Gasteiger partial charge in [0.25, 0.3) is 5.69 Å². The molecule has 0 aliphatic carbocycles. The molecule has 0 fully saturated rings. The Morgan fingerprint density at radius 2 is 1.76 bits per heavy atom. The highest BCUT2D eigenvalue weighted by Gasteiger charge is 2.40. The van der Waals surface area contributed by atoms with Crippen LogP contribution in [0.15, 0.2) is 77.9 Å². The fourth-order valence-electron chi connectivity index (χ4n) is 3.83. The molecule has 0 N–H and O–H groups in total. The summed E-state index contributed by atoms with van der Waals surface area (Å²) < 4.78 is 6.26. The van der Waals surface area contributed by atoms with E-state index in [4.69, 9.17) is 21.4 Å². The van der Waals surface area contributed by atoms with Crippen molar-refractivity contribution in [1.82, 2.24) is 5.01 Å². The molecule has 0 spiro atoms. The molecule has 0 bridgehead atoms. The van der Waals surface area contributed by atoms with Crippen LogP contribution in [0.2, 0.25) is 5.02 Å². The van der Waals surface area contributed by atoms with Crippen LogP contribution >= 0.6 is 11.6 Å². The van der Waals surface area contributed by atoms with Crippen LogP contribution in [0, 0.1) is 10.1 Å². The largest absolute Gasteiger partial charge is 0.464 e. The van der Waals surface area contributed by atoms with Gasteiger partial charge in [-0.1, -0.05) is 41.9 Å². The third-order valence-corrected chi connectivity index (χ3v) is 5.52. The number of halogens is 1. The zero-order chi connectivity index (χ0) is 20.0. The molecule has 29 heavy (non-hydrogen) atoms. The number of hydrogen-bond acceptors (Lipinski definition) is 5. The Balaban J connectivity index is 1.56. The van der Waals surface area contributed by atoms with Crippen LogP contribution in [-0.2, 0) is 0 Å². The number of fused-ring (bicyclic) bond motifs is 3. The monoisotopic (exact) mass is 405 g/mol. The van der Waals surface area contributed by atoms with Gasteiger partial charge in [0, 0.05) is 34.7 Å². The van der Waals surface area contributed by atoms with Crippen molar-refractivity contribution in [2.45, 2.75) is 18.7 Å². The second kappa shape index (κ2) is 6.90. The smallest absolute Gasteiger partial charge is 0.269 e. The molecule has 0 unspecified atom stereocenters. The van der Waals surface area contributed by atoms with E-state index in [0.29, 0.717) is 5.02 Å². The van der Waals surface area contributed by atoms with E-state index in [1.165, 1.54) is 12.1 Å². The summed E-state index contributed by atoms with van der Waals surface area (Å²) >= 11 is 6.03. The number of nitro groups is 1. The first-order valence-electron chi connectivity index (χ1n) is 9.22. The minimum Gasteiger partial charge on any atom is -0.464 e. The molecule has 2 aliphatic heterocycles. The molecule has 0 radical (unpaired) electrons. The minimum absolute atomic E-state index is 0.0332. The van der Waals surface area contributed by atoms with Crippen molar-refractivity contribution in [1.29, 1.82) is 0 Å². The third kappa shape index (κ3) is 3.11. The first kappa shape index (κ1) is 17.7. The van der Waals surface area contributed by atoms with Crippen molar-refractivity contribution in [2.75, 3.05) is 0 Å². The molecule has 7 heteroatoms. The van der Waals surface area contributed by atoms with Crippen LogP contribution in [0.25, 0.3) is 0 Å². The Morgan fingerprint density at radius 1 is 1.03 bits per heavy atom. The van der Waals surface area contributed by atoms with Crippen LogP contribution in [0.1, 0.15) is 35.4 Å². The first-order chi connectivity index (χ1) is 14.1. The summed E-state index contributed by atoms with van der Waals surface area (Å²) in [6, 6.07) is 22.1. The predicted molar refractivity (Wildman–Crippen MR) is 110 cm³/mol. The highest BCUT2D eigenvalue weighted by molar-refractivity contribution is 6.30. The van der Waals surface area contributed by atoms with E-state index in [2.05, 4.69) is 6.07 Å². The van der Waals surface area contributed by atoms with Crippen molar-refractivity contribution in [3.63, 3.8) is 0 Å². The summed E-state index contributed by atoms with van der Waals surface area (Å²) in [7, 11) is 0. The third-order valence-electron chi connectivity index (χ3n) is 5.27. The van der Waals surface area contributed by atoms with Gasteiger partial charge in [0.2, 0.25) is 6.23 Å². The second-order valence-electron chi connectivity index (χ2n) is 7.01. The van der Waals surface area contributed by atoms with Crippen molar-refractivity contribution in [3.05, 3.63) is 105 Å². The number of rotatable bonds is 3. The van der Waals surface area contributed by atoms with Crippen molar-refractivity contribution < 1.29 is 9.66 Å². The maximum Gasteiger partial charge on any atom is 0.269 e. The quantitative estimate of drug-likeness (QED) is 0.426. The van der Waals surface area contributed by atoms with Gasteiger partial charge >= 0.3 is 0 Å². The summed E-state index contributed by atoms with van der Waals surface area (Å²) in [5.74, 6) is 0.810. The Labute approximate surface area is 172 Å². The zero-order valence-electron chi connectivity index (χ0n) is 15.2. The molecule has 0 saturated heterocycles. The van der Waals surface area contributed by atoms with E-state index in [1.807, 2.05) is 47.5 Å². The summed E-state index contributed by atoms with van der Waals surface area (Å²) in [4.78, 5) is 10.6. The van der Waals surface area contributed by atoms with Gasteiger partial charge in [-0.3, -0.25) is 10.1 Å². The van der Waals surface area contributed by atoms with E-state index in [9.17, 15) is 10.1 Å². The lowest BCUT2D eigenvalue weighted by Crippen LogP contribution is -2.33. The maximum absolute atomic E-state index is 11.0. The van der Waals surface area contributed by atoms with Gasteiger partial charge in [-0.15, -0.1) is 0 Å². The molecule has 144 valence electrons. The van der Waals surface area contributed by atoms with Crippen molar-refractivity contribution in [3.8, 4) is 5.75 Å². The highest BCUT2D eigenvalue weighted by atomic mass is 35.5. The molecule has 0 saturated carbocycles. The van der Waals surface area contributed by atoms with Gasteiger partial charge in [-0.25, -0.2) is 5.01 Å². The number of hydrogen-bond donors (Lipinski definition) is 0. The topological polar surface area (TPSA) is 68.0 Å². The van der Waals surface area contributed by atoms with E-state index >= 15 is 0 Å². The zero-order valence-corrected chi connectivity index (χ0v) is 16.0. The van der Waals surface area contributed by atoms with Gasteiger partial charge in [-0.05, 0) is 35.9 Å². The Morgan fingerprint density at radius 3 is 2.48 bits per heavy atom. The molecule has 6 nitrogen and oxygen atoms in total. The average Bonchev–Trinajstić information content (AvgIpc) is 3.19. The number of nitro benzene ring substituents is 1. The number of non-ortho nitro benzene ring substituents is 1. The van der Waals surface area contributed by atoms with Gasteiger partial charge in [0.05, 0.1) is 16.7 Å². The van der Waals surface area contributed by atoms with Crippen LogP contribution in [0.4, 0.5) is 5.69 Å². The van der Waals surface area contributed by atoms with E-state index in [1.54, 1.807) is 12.1 Å². The van der Waals surface area contributed by atoms with Gasteiger partial charge < -0.3 is 4.74 Å². The molecule has 2 heterocycles. The SMILES string of the molecule is O=[N+]([O-])c1ccc([C@@H]2Oc3ccccc3[C@@H]3CC(c4ccc(Cl)cc4)=NN32)cc1. The first-order valence-corrected chi connectivity index (χ1v) is 9.59. The number of para-hydroxylation sites is 1. The normalized spacial score (nSPS) is 19.8. The summed E-state index contributed by atoms with van der Waals surface area (Å²) in [5.41, 5.74) is 3.92. The molecular formula is C22H16ClN3O3. The van der Waals surface area contributed by atoms with Crippen LogP contribution < -0.4 is 4.74 Å². The van der Waals surface area contributed by atoms with Crippen molar-refractivity contribution in [2.24, 2.45) is 5.10 Å². The van der Waals surface area contributed by atoms with E-state index in [0.717, 1.165) is 34.6 Å². The minimum atomic E-state index is -0.458. The highest BCUT2D eigenvalue weighted by Crippen LogP contribution is 2.47. The van der Waals surface area contributed by atoms with Crippen LogP contribution in [-0.4, -0.2) is 15.6 Å². The number of hydrazone groups is 1. The van der Waals surface area contributed by atoms with E-state index < -0.39 is 11.2 Å². The summed E-state index contributed by atoms with van der Waals surface area (Å²) in [6.07, 6.45) is 0.284.